The summed E-state index contributed by atoms with van der Waals surface area (Å²) in [6.07, 6.45) is 0.782. The van der Waals surface area contributed by atoms with Crippen molar-refractivity contribution in [2.75, 3.05) is 12.5 Å². The van der Waals surface area contributed by atoms with Crippen molar-refractivity contribution >= 4 is 33.1 Å². The zero-order chi connectivity index (χ0) is 21.1. The van der Waals surface area contributed by atoms with E-state index in [9.17, 15) is 4.79 Å². The van der Waals surface area contributed by atoms with Gasteiger partial charge in [-0.15, -0.1) is 11.3 Å². The first-order valence-electron chi connectivity index (χ1n) is 9.55. The van der Waals surface area contributed by atoms with E-state index in [1.165, 1.54) is 16.9 Å². The number of fused-ring (bicyclic) bond motifs is 1. The van der Waals surface area contributed by atoms with Crippen LogP contribution in [0.5, 0.6) is 5.75 Å². The molecule has 0 radical (unpaired) electrons. The average Bonchev–Trinajstić information content (AvgIpc) is 3.23. The quantitative estimate of drug-likeness (QED) is 0.255. The highest BCUT2D eigenvalue weighted by Gasteiger charge is 2.12. The number of aromatic nitrogens is 1. The molecule has 4 rings (SSSR count). The molecule has 6 nitrogen and oxygen atoms in total. The summed E-state index contributed by atoms with van der Waals surface area (Å²) in [7, 11) is 1.60. The van der Waals surface area contributed by atoms with Crippen LogP contribution < -0.4 is 15.8 Å². The van der Waals surface area contributed by atoms with E-state index in [1.807, 2.05) is 11.4 Å². The number of hydrazone groups is 1. The SMILES string of the molecule is CC/C(=N\Nc1nc(-c2cc3cc(OC)ccc3oc2=O)cs1)c1ccc(C)cc1. The average molecular weight is 420 g/mol. The molecular formula is C23H21N3O3S. The van der Waals surface area contributed by atoms with Gasteiger partial charge in [0, 0.05) is 10.8 Å². The molecule has 0 aliphatic carbocycles. The Balaban J connectivity index is 1.61. The highest BCUT2D eigenvalue weighted by Crippen LogP contribution is 2.27. The minimum absolute atomic E-state index is 0.401. The Bertz CT molecular complexity index is 1270. The van der Waals surface area contributed by atoms with Gasteiger partial charge in [0.05, 0.1) is 24.1 Å². The normalized spacial score (nSPS) is 11.6. The van der Waals surface area contributed by atoms with Crippen LogP contribution in [0.3, 0.4) is 0 Å². The zero-order valence-electron chi connectivity index (χ0n) is 16.9. The number of nitrogens with one attached hydrogen (secondary N) is 1. The summed E-state index contributed by atoms with van der Waals surface area (Å²) in [6, 6.07) is 15.3. The predicted octanol–water partition coefficient (Wildman–Crippen LogP) is 5.46. The maximum absolute atomic E-state index is 12.4. The third kappa shape index (κ3) is 4.11. The number of ether oxygens (including phenoxy) is 1. The first-order chi connectivity index (χ1) is 14.6. The Kier molecular flexibility index (Phi) is 5.63. The molecule has 2 aromatic carbocycles. The number of nitrogens with zero attached hydrogens (tertiary/aromatic N) is 2. The first-order valence-corrected chi connectivity index (χ1v) is 10.4. The molecule has 0 amide bonds. The van der Waals surface area contributed by atoms with Gasteiger partial charge in [-0.2, -0.15) is 5.10 Å². The molecule has 0 spiro atoms. The van der Waals surface area contributed by atoms with Crippen LogP contribution in [0.4, 0.5) is 5.13 Å². The Morgan fingerprint density at radius 1 is 1.20 bits per heavy atom. The molecule has 2 aromatic heterocycles. The minimum Gasteiger partial charge on any atom is -0.497 e. The van der Waals surface area contributed by atoms with Crippen LogP contribution in [-0.2, 0) is 0 Å². The van der Waals surface area contributed by atoms with Gasteiger partial charge in [-0.1, -0.05) is 36.8 Å². The number of hydrogen-bond donors (Lipinski definition) is 1. The molecular weight excluding hydrogens is 398 g/mol. The van der Waals surface area contributed by atoms with Gasteiger partial charge in [0.25, 0.3) is 0 Å². The summed E-state index contributed by atoms with van der Waals surface area (Å²) in [5.41, 5.74) is 7.25. The molecule has 30 heavy (non-hydrogen) atoms. The van der Waals surface area contributed by atoms with Gasteiger partial charge in [0.2, 0.25) is 5.13 Å². The van der Waals surface area contributed by atoms with E-state index in [-0.39, 0.29) is 0 Å². The van der Waals surface area contributed by atoms with Crippen LogP contribution in [0.25, 0.3) is 22.2 Å². The van der Waals surface area contributed by atoms with Crippen LogP contribution in [0.1, 0.15) is 24.5 Å². The molecule has 0 saturated carbocycles. The molecule has 152 valence electrons. The fourth-order valence-corrected chi connectivity index (χ4v) is 3.72. The van der Waals surface area contributed by atoms with E-state index in [2.05, 4.69) is 53.6 Å². The van der Waals surface area contributed by atoms with Gasteiger partial charge in [-0.3, -0.25) is 5.43 Å². The Labute approximate surface area is 177 Å². The van der Waals surface area contributed by atoms with Gasteiger partial charge in [0.1, 0.15) is 11.3 Å². The van der Waals surface area contributed by atoms with Gasteiger partial charge < -0.3 is 9.15 Å². The summed E-state index contributed by atoms with van der Waals surface area (Å²) < 4.78 is 10.7. The van der Waals surface area contributed by atoms with Crippen molar-refractivity contribution < 1.29 is 9.15 Å². The molecule has 7 heteroatoms. The molecule has 0 fully saturated rings. The lowest BCUT2D eigenvalue weighted by atomic mass is 10.1. The van der Waals surface area contributed by atoms with Crippen molar-refractivity contribution in [2.45, 2.75) is 20.3 Å². The summed E-state index contributed by atoms with van der Waals surface area (Å²) in [5, 5.41) is 7.70. The molecule has 0 aliphatic rings. The smallest absolute Gasteiger partial charge is 0.345 e. The zero-order valence-corrected chi connectivity index (χ0v) is 17.7. The third-order valence-electron chi connectivity index (χ3n) is 4.73. The van der Waals surface area contributed by atoms with Crippen LogP contribution >= 0.6 is 11.3 Å². The van der Waals surface area contributed by atoms with E-state index in [0.29, 0.717) is 27.7 Å². The lowest BCUT2D eigenvalue weighted by molar-refractivity contribution is 0.415. The van der Waals surface area contributed by atoms with Crippen LogP contribution in [0, 0.1) is 6.92 Å². The fourth-order valence-electron chi connectivity index (χ4n) is 3.06. The third-order valence-corrected chi connectivity index (χ3v) is 5.47. The number of methoxy groups -OCH3 is 1. The van der Waals surface area contributed by atoms with Crippen molar-refractivity contribution in [3.63, 3.8) is 0 Å². The van der Waals surface area contributed by atoms with E-state index < -0.39 is 5.63 Å². The predicted molar refractivity (Wildman–Crippen MR) is 122 cm³/mol. The molecule has 1 N–H and O–H groups in total. The van der Waals surface area contributed by atoms with Crippen LogP contribution in [-0.4, -0.2) is 17.8 Å². The maximum Gasteiger partial charge on any atom is 0.345 e. The number of anilines is 1. The summed E-state index contributed by atoms with van der Waals surface area (Å²) in [6.45, 7) is 4.11. The van der Waals surface area contributed by atoms with Crippen molar-refractivity contribution in [2.24, 2.45) is 5.10 Å². The minimum atomic E-state index is -0.429. The Morgan fingerprint density at radius 2 is 2.00 bits per heavy atom. The van der Waals surface area contributed by atoms with Crippen molar-refractivity contribution in [3.05, 3.63) is 75.5 Å². The number of thiazole rings is 1. The molecule has 0 unspecified atom stereocenters. The fraction of sp³-hybridized carbons (Fsp3) is 0.174. The molecule has 0 saturated heterocycles. The summed E-state index contributed by atoms with van der Waals surface area (Å²) >= 11 is 1.38. The van der Waals surface area contributed by atoms with Gasteiger partial charge in [0.15, 0.2) is 0 Å². The number of hydrogen-bond acceptors (Lipinski definition) is 7. The number of aryl methyl sites for hydroxylation is 1. The highest BCUT2D eigenvalue weighted by molar-refractivity contribution is 7.14. The lowest BCUT2D eigenvalue weighted by Gasteiger charge is -2.05. The van der Waals surface area contributed by atoms with Crippen molar-refractivity contribution in [1.82, 2.24) is 4.98 Å². The van der Waals surface area contributed by atoms with Crippen LogP contribution in [0.2, 0.25) is 0 Å². The molecule has 0 bridgehead atoms. The highest BCUT2D eigenvalue weighted by atomic mass is 32.1. The summed E-state index contributed by atoms with van der Waals surface area (Å²) in [4.78, 5) is 17.0. The molecule has 0 aliphatic heterocycles. The molecule has 0 atom stereocenters. The molecule has 4 aromatic rings. The van der Waals surface area contributed by atoms with E-state index in [4.69, 9.17) is 9.15 Å². The van der Waals surface area contributed by atoms with Crippen molar-refractivity contribution in [1.29, 1.82) is 0 Å². The standard InChI is InChI=1S/C23H21N3O3S/c1-4-19(15-7-5-14(2)6-8-15)25-26-23-24-20(13-30-23)18-12-16-11-17(28-3)9-10-21(16)29-22(18)27/h5-13H,4H2,1-3H3,(H,24,26)/b25-19+. The molecule has 2 heterocycles. The summed E-state index contributed by atoms with van der Waals surface area (Å²) in [5.74, 6) is 0.695. The van der Waals surface area contributed by atoms with Gasteiger partial charge >= 0.3 is 5.63 Å². The lowest BCUT2D eigenvalue weighted by Crippen LogP contribution is -2.04. The second-order valence-electron chi connectivity index (χ2n) is 6.78. The van der Waals surface area contributed by atoms with Gasteiger partial charge in [-0.05, 0) is 43.2 Å². The largest absolute Gasteiger partial charge is 0.497 e. The Hall–Kier alpha value is -3.45. The maximum atomic E-state index is 12.4. The van der Waals surface area contributed by atoms with E-state index in [1.54, 1.807) is 25.3 Å². The van der Waals surface area contributed by atoms with Crippen molar-refractivity contribution in [3.8, 4) is 17.0 Å². The Morgan fingerprint density at radius 3 is 2.73 bits per heavy atom. The van der Waals surface area contributed by atoms with E-state index in [0.717, 1.165) is 23.1 Å². The number of rotatable bonds is 6. The first kappa shape index (κ1) is 19.8. The second kappa shape index (κ2) is 8.51. The number of benzene rings is 2. The second-order valence-corrected chi connectivity index (χ2v) is 7.64. The van der Waals surface area contributed by atoms with Crippen LogP contribution in [0.15, 0.2) is 68.2 Å². The topological polar surface area (TPSA) is 76.7 Å². The monoisotopic (exact) mass is 419 g/mol. The van der Waals surface area contributed by atoms with Gasteiger partial charge in [-0.25, -0.2) is 9.78 Å². The van der Waals surface area contributed by atoms with E-state index >= 15 is 0 Å².